The first kappa shape index (κ1) is 13.1. The maximum atomic E-state index is 4.27. The van der Waals surface area contributed by atoms with Gasteiger partial charge >= 0.3 is 0 Å². The Labute approximate surface area is 112 Å². The fraction of sp³-hybridized carbons (Fsp3) is 0.357. The highest BCUT2D eigenvalue weighted by molar-refractivity contribution is 7.09. The molecule has 0 atom stereocenters. The monoisotopic (exact) mass is 261 g/mol. The predicted octanol–water partition coefficient (Wildman–Crippen LogP) is 2.86. The molecule has 4 heteroatoms. The van der Waals surface area contributed by atoms with Crippen LogP contribution in [0.25, 0.3) is 0 Å². The zero-order valence-electron chi connectivity index (χ0n) is 10.9. The molecule has 96 valence electrons. The zero-order valence-corrected chi connectivity index (χ0v) is 11.7. The summed E-state index contributed by atoms with van der Waals surface area (Å²) >= 11 is 1.71. The van der Waals surface area contributed by atoms with Crippen LogP contribution in [0.4, 0.5) is 5.69 Å². The summed E-state index contributed by atoms with van der Waals surface area (Å²) in [6.45, 7) is 1.92. The fourth-order valence-corrected chi connectivity index (χ4v) is 2.40. The normalized spacial score (nSPS) is 10.8. The SMILES string of the molecule is CN(C)Cc1ccc(NCCc2nccs2)cc1. The molecule has 1 N–H and O–H groups in total. The first-order valence-electron chi connectivity index (χ1n) is 6.10. The Bertz CT molecular complexity index is 448. The predicted molar refractivity (Wildman–Crippen MR) is 78.1 cm³/mol. The molecule has 0 saturated carbocycles. The lowest BCUT2D eigenvalue weighted by atomic mass is 10.2. The van der Waals surface area contributed by atoms with E-state index in [4.69, 9.17) is 0 Å². The molecule has 0 saturated heterocycles. The van der Waals surface area contributed by atoms with E-state index in [-0.39, 0.29) is 0 Å². The summed E-state index contributed by atoms with van der Waals surface area (Å²) in [6, 6.07) is 8.62. The van der Waals surface area contributed by atoms with Gasteiger partial charge in [-0.15, -0.1) is 11.3 Å². The number of anilines is 1. The highest BCUT2D eigenvalue weighted by atomic mass is 32.1. The summed E-state index contributed by atoms with van der Waals surface area (Å²) in [6.07, 6.45) is 2.84. The summed E-state index contributed by atoms with van der Waals surface area (Å²) in [5.74, 6) is 0. The molecule has 0 amide bonds. The molecule has 1 aromatic carbocycles. The molecule has 1 heterocycles. The first-order valence-corrected chi connectivity index (χ1v) is 6.98. The molecule has 2 aromatic rings. The topological polar surface area (TPSA) is 28.2 Å². The van der Waals surface area contributed by atoms with Crippen molar-refractivity contribution in [2.24, 2.45) is 0 Å². The maximum absolute atomic E-state index is 4.27. The van der Waals surface area contributed by atoms with Gasteiger partial charge in [-0.1, -0.05) is 12.1 Å². The van der Waals surface area contributed by atoms with Crippen LogP contribution >= 0.6 is 11.3 Å². The van der Waals surface area contributed by atoms with Crippen LogP contribution in [0.1, 0.15) is 10.6 Å². The number of hydrogen-bond donors (Lipinski definition) is 1. The molecule has 0 aliphatic heterocycles. The third kappa shape index (κ3) is 4.13. The van der Waals surface area contributed by atoms with E-state index in [2.05, 4.69) is 53.6 Å². The van der Waals surface area contributed by atoms with Gasteiger partial charge in [0.05, 0.1) is 5.01 Å². The van der Waals surface area contributed by atoms with Crippen LogP contribution in [-0.4, -0.2) is 30.5 Å². The van der Waals surface area contributed by atoms with E-state index in [9.17, 15) is 0 Å². The van der Waals surface area contributed by atoms with Crippen molar-refractivity contribution < 1.29 is 0 Å². The van der Waals surface area contributed by atoms with Crippen molar-refractivity contribution >= 4 is 17.0 Å². The van der Waals surface area contributed by atoms with Crippen LogP contribution in [0, 0.1) is 0 Å². The van der Waals surface area contributed by atoms with Gasteiger partial charge in [-0.2, -0.15) is 0 Å². The molecule has 3 nitrogen and oxygen atoms in total. The molecule has 0 aliphatic rings. The standard InChI is InChI=1S/C14H19N3S/c1-17(2)11-12-3-5-13(6-4-12)15-8-7-14-16-9-10-18-14/h3-6,9-10,15H,7-8,11H2,1-2H3. The van der Waals surface area contributed by atoms with E-state index in [0.29, 0.717) is 0 Å². The molecule has 0 radical (unpaired) electrons. The zero-order chi connectivity index (χ0) is 12.8. The van der Waals surface area contributed by atoms with E-state index in [1.54, 1.807) is 11.3 Å². The highest BCUT2D eigenvalue weighted by Gasteiger charge is 1.98. The van der Waals surface area contributed by atoms with E-state index >= 15 is 0 Å². The minimum absolute atomic E-state index is 0.931. The van der Waals surface area contributed by atoms with Gasteiger partial charge in [0.25, 0.3) is 0 Å². The number of rotatable bonds is 6. The van der Waals surface area contributed by atoms with Gasteiger partial charge in [0, 0.05) is 36.8 Å². The smallest absolute Gasteiger partial charge is 0.0942 e. The molecule has 0 aliphatic carbocycles. The molecule has 18 heavy (non-hydrogen) atoms. The number of hydrogen-bond acceptors (Lipinski definition) is 4. The lowest BCUT2D eigenvalue weighted by Gasteiger charge is -2.10. The van der Waals surface area contributed by atoms with E-state index in [1.807, 2.05) is 11.6 Å². The molecular weight excluding hydrogens is 242 g/mol. The van der Waals surface area contributed by atoms with Crippen LogP contribution in [-0.2, 0) is 13.0 Å². The summed E-state index contributed by atoms with van der Waals surface area (Å²) in [5, 5.41) is 6.62. The van der Waals surface area contributed by atoms with Gasteiger partial charge in [0.15, 0.2) is 0 Å². The Hall–Kier alpha value is -1.39. The van der Waals surface area contributed by atoms with Crippen molar-refractivity contribution in [1.29, 1.82) is 0 Å². The lowest BCUT2D eigenvalue weighted by Crippen LogP contribution is -2.10. The molecule has 0 fully saturated rings. The van der Waals surface area contributed by atoms with E-state index in [0.717, 1.165) is 19.5 Å². The Morgan fingerprint density at radius 1 is 1.22 bits per heavy atom. The van der Waals surface area contributed by atoms with E-state index in [1.165, 1.54) is 16.3 Å². The first-order chi connectivity index (χ1) is 8.74. The number of thiazole rings is 1. The highest BCUT2D eigenvalue weighted by Crippen LogP contribution is 2.11. The van der Waals surface area contributed by atoms with Crippen LogP contribution in [0.5, 0.6) is 0 Å². The van der Waals surface area contributed by atoms with Crippen LogP contribution in [0.3, 0.4) is 0 Å². The van der Waals surface area contributed by atoms with Crippen molar-refractivity contribution in [2.75, 3.05) is 26.0 Å². The van der Waals surface area contributed by atoms with Crippen LogP contribution in [0.2, 0.25) is 0 Å². The summed E-state index contributed by atoms with van der Waals surface area (Å²) in [5.41, 5.74) is 2.51. The molecule has 0 bridgehead atoms. The second-order valence-corrected chi connectivity index (χ2v) is 5.52. The number of nitrogens with zero attached hydrogens (tertiary/aromatic N) is 2. The molecule has 2 rings (SSSR count). The van der Waals surface area contributed by atoms with Crippen LogP contribution in [0.15, 0.2) is 35.8 Å². The summed E-state index contributed by atoms with van der Waals surface area (Å²) in [4.78, 5) is 6.44. The fourth-order valence-electron chi connectivity index (χ4n) is 1.78. The van der Waals surface area contributed by atoms with Gasteiger partial charge in [-0.25, -0.2) is 4.98 Å². The van der Waals surface area contributed by atoms with Gasteiger partial charge in [-0.3, -0.25) is 0 Å². The Kier molecular flexibility index (Phi) is 4.73. The average molecular weight is 261 g/mol. The number of aromatic nitrogens is 1. The van der Waals surface area contributed by atoms with E-state index < -0.39 is 0 Å². The average Bonchev–Trinajstić information content (AvgIpc) is 2.84. The third-order valence-corrected chi connectivity index (χ3v) is 3.44. The van der Waals surface area contributed by atoms with Crippen molar-refractivity contribution in [3.05, 3.63) is 46.4 Å². The summed E-state index contributed by atoms with van der Waals surface area (Å²) < 4.78 is 0. The minimum Gasteiger partial charge on any atom is -0.385 e. The Morgan fingerprint density at radius 3 is 2.61 bits per heavy atom. The second kappa shape index (κ2) is 6.52. The Balaban J connectivity index is 1.79. The van der Waals surface area contributed by atoms with Crippen molar-refractivity contribution in [2.45, 2.75) is 13.0 Å². The van der Waals surface area contributed by atoms with Gasteiger partial charge in [0.2, 0.25) is 0 Å². The Morgan fingerprint density at radius 2 is 2.00 bits per heavy atom. The number of benzene rings is 1. The quantitative estimate of drug-likeness (QED) is 0.866. The third-order valence-electron chi connectivity index (χ3n) is 2.60. The molecular formula is C14H19N3S. The largest absolute Gasteiger partial charge is 0.385 e. The summed E-state index contributed by atoms with van der Waals surface area (Å²) in [7, 11) is 4.17. The molecule has 0 spiro atoms. The van der Waals surface area contributed by atoms with Crippen molar-refractivity contribution in [3.8, 4) is 0 Å². The van der Waals surface area contributed by atoms with Crippen LogP contribution < -0.4 is 5.32 Å². The number of nitrogens with one attached hydrogen (secondary N) is 1. The minimum atomic E-state index is 0.931. The van der Waals surface area contributed by atoms with Crippen molar-refractivity contribution in [3.63, 3.8) is 0 Å². The van der Waals surface area contributed by atoms with Gasteiger partial charge in [0.1, 0.15) is 0 Å². The molecule has 1 aromatic heterocycles. The molecule has 0 unspecified atom stereocenters. The maximum Gasteiger partial charge on any atom is 0.0942 e. The van der Waals surface area contributed by atoms with Gasteiger partial charge in [-0.05, 0) is 31.8 Å². The van der Waals surface area contributed by atoms with Gasteiger partial charge < -0.3 is 10.2 Å². The second-order valence-electron chi connectivity index (χ2n) is 4.54. The lowest BCUT2D eigenvalue weighted by molar-refractivity contribution is 0.402. The van der Waals surface area contributed by atoms with Crippen molar-refractivity contribution in [1.82, 2.24) is 9.88 Å².